The fourth-order valence-electron chi connectivity index (χ4n) is 1.28. The summed E-state index contributed by atoms with van der Waals surface area (Å²) in [5, 5.41) is 22.2. The van der Waals surface area contributed by atoms with E-state index in [4.69, 9.17) is 5.26 Å². The average molecular weight is 285 g/mol. The van der Waals surface area contributed by atoms with Crippen molar-refractivity contribution in [1.82, 2.24) is 9.71 Å². The SMILES string of the molecule is CS(=O)(=O)NCCNc1nccc(C#N)c1[N+](=O)[O-]. The van der Waals surface area contributed by atoms with Crippen LogP contribution in [0.5, 0.6) is 0 Å². The van der Waals surface area contributed by atoms with Crippen LogP contribution in [0.3, 0.4) is 0 Å². The average Bonchev–Trinajstić information content (AvgIpc) is 2.32. The highest BCUT2D eigenvalue weighted by atomic mass is 32.2. The van der Waals surface area contributed by atoms with Gasteiger partial charge in [-0.3, -0.25) is 10.1 Å². The molecule has 0 saturated carbocycles. The molecule has 0 amide bonds. The van der Waals surface area contributed by atoms with E-state index in [0.29, 0.717) is 0 Å². The van der Waals surface area contributed by atoms with E-state index in [0.717, 1.165) is 6.26 Å². The van der Waals surface area contributed by atoms with Crippen LogP contribution in [-0.2, 0) is 10.0 Å². The zero-order valence-electron chi connectivity index (χ0n) is 9.95. The Kier molecular flexibility index (Phi) is 4.74. The number of nitrogens with one attached hydrogen (secondary N) is 2. The molecule has 0 atom stereocenters. The number of sulfonamides is 1. The minimum atomic E-state index is -3.31. The molecule has 0 unspecified atom stereocenters. The molecule has 2 N–H and O–H groups in total. The van der Waals surface area contributed by atoms with Gasteiger partial charge in [0, 0.05) is 19.3 Å². The van der Waals surface area contributed by atoms with Crippen molar-refractivity contribution in [2.24, 2.45) is 0 Å². The van der Waals surface area contributed by atoms with Crippen molar-refractivity contribution in [3.8, 4) is 6.07 Å². The monoisotopic (exact) mass is 285 g/mol. The number of pyridine rings is 1. The van der Waals surface area contributed by atoms with Crippen LogP contribution in [0.2, 0.25) is 0 Å². The summed E-state index contributed by atoms with van der Waals surface area (Å²) >= 11 is 0. The van der Waals surface area contributed by atoms with Crippen LogP contribution in [0.25, 0.3) is 0 Å². The van der Waals surface area contributed by atoms with Gasteiger partial charge in [0.1, 0.15) is 11.6 Å². The van der Waals surface area contributed by atoms with Gasteiger partial charge in [-0.25, -0.2) is 18.1 Å². The lowest BCUT2D eigenvalue weighted by Crippen LogP contribution is -2.28. The van der Waals surface area contributed by atoms with Crippen molar-refractivity contribution < 1.29 is 13.3 Å². The first-order chi connectivity index (χ1) is 8.85. The summed E-state index contributed by atoms with van der Waals surface area (Å²) in [5.74, 6) is -0.0700. The molecule has 0 radical (unpaired) electrons. The third-order valence-corrected chi connectivity index (χ3v) is 2.74. The molecule has 0 aliphatic carbocycles. The van der Waals surface area contributed by atoms with Gasteiger partial charge in [0.05, 0.1) is 11.2 Å². The first-order valence-electron chi connectivity index (χ1n) is 5.07. The first kappa shape index (κ1) is 14.8. The smallest absolute Gasteiger partial charge is 0.328 e. The van der Waals surface area contributed by atoms with Gasteiger partial charge in [0.25, 0.3) is 0 Å². The van der Waals surface area contributed by atoms with Crippen molar-refractivity contribution in [3.63, 3.8) is 0 Å². The van der Waals surface area contributed by atoms with Gasteiger partial charge in [-0.2, -0.15) is 5.26 Å². The fraction of sp³-hybridized carbons (Fsp3) is 0.333. The number of hydrogen-bond acceptors (Lipinski definition) is 7. The second kappa shape index (κ2) is 6.07. The standard InChI is InChI=1S/C9H11N5O4S/c1-19(17,18)13-5-4-12-9-8(14(15)16)7(6-10)2-3-11-9/h2-3,13H,4-5H2,1H3,(H,11,12). The zero-order valence-corrected chi connectivity index (χ0v) is 10.8. The second-order valence-electron chi connectivity index (χ2n) is 3.52. The van der Waals surface area contributed by atoms with Crippen LogP contribution in [0.1, 0.15) is 5.56 Å². The largest absolute Gasteiger partial charge is 0.363 e. The van der Waals surface area contributed by atoms with Crippen LogP contribution in [-0.4, -0.2) is 37.7 Å². The van der Waals surface area contributed by atoms with E-state index in [1.54, 1.807) is 6.07 Å². The molecule has 9 nitrogen and oxygen atoms in total. The van der Waals surface area contributed by atoms with Crippen molar-refractivity contribution in [2.75, 3.05) is 24.7 Å². The summed E-state index contributed by atoms with van der Waals surface area (Å²) in [6.07, 6.45) is 2.27. The molecular weight excluding hydrogens is 274 g/mol. The van der Waals surface area contributed by atoms with Gasteiger partial charge in [0.15, 0.2) is 0 Å². The van der Waals surface area contributed by atoms with E-state index in [-0.39, 0.29) is 24.5 Å². The molecule has 19 heavy (non-hydrogen) atoms. The van der Waals surface area contributed by atoms with E-state index in [2.05, 4.69) is 15.0 Å². The number of hydrogen-bond donors (Lipinski definition) is 2. The molecule has 0 fully saturated rings. The Bertz CT molecular complexity index is 622. The highest BCUT2D eigenvalue weighted by Crippen LogP contribution is 2.25. The van der Waals surface area contributed by atoms with E-state index in [9.17, 15) is 18.5 Å². The predicted molar refractivity (Wildman–Crippen MR) is 66.9 cm³/mol. The molecule has 0 aliphatic rings. The number of aromatic nitrogens is 1. The van der Waals surface area contributed by atoms with Crippen LogP contribution in [0.15, 0.2) is 12.3 Å². The van der Waals surface area contributed by atoms with Crippen LogP contribution < -0.4 is 10.0 Å². The lowest BCUT2D eigenvalue weighted by atomic mass is 10.2. The molecule has 1 rings (SSSR count). The summed E-state index contributed by atoms with van der Waals surface area (Å²) in [7, 11) is -3.31. The van der Waals surface area contributed by atoms with Crippen molar-refractivity contribution in [2.45, 2.75) is 0 Å². The molecule has 102 valence electrons. The number of nitro groups is 1. The third kappa shape index (κ3) is 4.49. The molecular formula is C9H11N5O4S. The van der Waals surface area contributed by atoms with Gasteiger partial charge in [-0.15, -0.1) is 0 Å². The second-order valence-corrected chi connectivity index (χ2v) is 5.35. The molecule has 1 aromatic rings. The third-order valence-electron chi connectivity index (χ3n) is 2.01. The lowest BCUT2D eigenvalue weighted by Gasteiger charge is -2.06. The zero-order chi connectivity index (χ0) is 14.5. The lowest BCUT2D eigenvalue weighted by molar-refractivity contribution is -0.384. The van der Waals surface area contributed by atoms with E-state index >= 15 is 0 Å². The van der Waals surface area contributed by atoms with Crippen LogP contribution in [0, 0.1) is 21.4 Å². The maximum atomic E-state index is 10.9. The van der Waals surface area contributed by atoms with Gasteiger partial charge in [0.2, 0.25) is 15.8 Å². The normalized spacial score (nSPS) is 10.7. The maximum Gasteiger partial charge on any atom is 0.328 e. The van der Waals surface area contributed by atoms with Gasteiger partial charge >= 0.3 is 5.69 Å². The minimum Gasteiger partial charge on any atom is -0.363 e. The molecule has 0 bridgehead atoms. The molecule has 0 spiro atoms. The highest BCUT2D eigenvalue weighted by Gasteiger charge is 2.20. The molecule has 0 aliphatic heterocycles. The number of anilines is 1. The molecule has 1 aromatic heterocycles. The number of nitrogens with zero attached hydrogens (tertiary/aromatic N) is 3. The Hall–Kier alpha value is -2.25. The molecule has 10 heteroatoms. The van der Waals surface area contributed by atoms with E-state index in [1.807, 2.05) is 0 Å². The van der Waals surface area contributed by atoms with Crippen LogP contribution in [0.4, 0.5) is 11.5 Å². The Morgan fingerprint density at radius 2 is 2.21 bits per heavy atom. The van der Waals surface area contributed by atoms with Crippen molar-refractivity contribution in [1.29, 1.82) is 5.26 Å². The fourth-order valence-corrected chi connectivity index (χ4v) is 1.75. The van der Waals surface area contributed by atoms with E-state index < -0.39 is 20.6 Å². The number of nitriles is 1. The highest BCUT2D eigenvalue weighted by molar-refractivity contribution is 7.88. The Balaban J connectivity index is 2.79. The van der Waals surface area contributed by atoms with E-state index in [1.165, 1.54) is 12.3 Å². The molecule has 1 heterocycles. The quantitative estimate of drug-likeness (QED) is 0.420. The molecule has 0 saturated heterocycles. The van der Waals surface area contributed by atoms with Crippen LogP contribution >= 0.6 is 0 Å². The summed E-state index contributed by atoms with van der Waals surface area (Å²) in [4.78, 5) is 13.9. The molecule has 0 aromatic carbocycles. The van der Waals surface area contributed by atoms with Gasteiger partial charge < -0.3 is 5.32 Å². The van der Waals surface area contributed by atoms with Crippen molar-refractivity contribution >= 4 is 21.5 Å². The number of rotatable bonds is 6. The predicted octanol–water partition coefficient (Wildman–Crippen LogP) is -0.177. The summed E-state index contributed by atoms with van der Waals surface area (Å²) in [6, 6.07) is 2.93. The van der Waals surface area contributed by atoms with Crippen molar-refractivity contribution in [3.05, 3.63) is 27.9 Å². The topological polar surface area (TPSA) is 138 Å². The van der Waals surface area contributed by atoms with Gasteiger partial charge in [-0.05, 0) is 6.07 Å². The Morgan fingerprint density at radius 3 is 2.74 bits per heavy atom. The summed E-state index contributed by atoms with van der Waals surface area (Å²) in [6.45, 7) is 0.157. The minimum absolute atomic E-state index is 0.0500. The maximum absolute atomic E-state index is 10.9. The summed E-state index contributed by atoms with van der Waals surface area (Å²) < 4.78 is 23.8. The summed E-state index contributed by atoms with van der Waals surface area (Å²) in [5.41, 5.74) is -0.539. The Labute approximate surface area is 109 Å². The van der Waals surface area contributed by atoms with Gasteiger partial charge in [-0.1, -0.05) is 0 Å². The Morgan fingerprint density at radius 1 is 1.53 bits per heavy atom. The first-order valence-corrected chi connectivity index (χ1v) is 6.96.